The van der Waals surface area contributed by atoms with Gasteiger partial charge in [-0.3, -0.25) is 9.59 Å². The van der Waals surface area contributed by atoms with Gasteiger partial charge in [0.2, 0.25) is 11.8 Å². The van der Waals surface area contributed by atoms with Crippen LogP contribution in [-0.2, 0) is 9.59 Å². The van der Waals surface area contributed by atoms with E-state index >= 15 is 0 Å². The zero-order chi connectivity index (χ0) is 17.7. The second kappa shape index (κ2) is 8.21. The average molecular weight is 370 g/mol. The lowest BCUT2D eigenvalue weighted by atomic mass is 10.2. The van der Waals surface area contributed by atoms with Gasteiger partial charge in [0.15, 0.2) is 0 Å². The summed E-state index contributed by atoms with van der Waals surface area (Å²) >= 11 is 7.14. The number of nitrogens with one attached hydrogen (secondary N) is 1. The number of hydrogen-bond acceptors (Lipinski definition) is 4. The first-order chi connectivity index (χ1) is 11.4. The van der Waals surface area contributed by atoms with Crippen LogP contribution in [-0.4, -0.2) is 28.7 Å². The number of anilines is 1. The molecule has 128 valence electrons. The lowest BCUT2D eigenvalue weighted by Crippen LogP contribution is -2.30. The van der Waals surface area contributed by atoms with Gasteiger partial charge in [0.25, 0.3) is 0 Å². The molecular weight excluding hydrogens is 353 g/mol. The summed E-state index contributed by atoms with van der Waals surface area (Å²) in [6.07, 6.45) is 1.80. The molecule has 0 aliphatic carbocycles. The molecule has 0 saturated heterocycles. The van der Waals surface area contributed by atoms with E-state index in [9.17, 15) is 14.0 Å². The fourth-order valence-electron chi connectivity index (χ4n) is 2.02. The van der Waals surface area contributed by atoms with E-state index in [0.717, 1.165) is 5.01 Å². The van der Waals surface area contributed by atoms with Crippen molar-refractivity contribution in [3.63, 3.8) is 0 Å². The molecule has 1 unspecified atom stereocenters. The average Bonchev–Trinajstić information content (AvgIpc) is 3.09. The van der Waals surface area contributed by atoms with E-state index < -0.39 is 5.82 Å². The highest BCUT2D eigenvalue weighted by Gasteiger charge is 2.19. The summed E-state index contributed by atoms with van der Waals surface area (Å²) in [6, 6.07) is 3.77. The van der Waals surface area contributed by atoms with Gasteiger partial charge in [-0.25, -0.2) is 9.37 Å². The third-order valence-electron chi connectivity index (χ3n) is 3.55. The minimum atomic E-state index is -0.553. The first-order valence-electron chi connectivity index (χ1n) is 7.28. The second-order valence-electron chi connectivity index (χ2n) is 5.23. The van der Waals surface area contributed by atoms with E-state index in [1.807, 2.05) is 12.3 Å². The van der Waals surface area contributed by atoms with Gasteiger partial charge in [-0.1, -0.05) is 11.6 Å². The molecule has 5 nitrogen and oxygen atoms in total. The summed E-state index contributed by atoms with van der Waals surface area (Å²) in [6.45, 7) is 1.89. The maximum atomic E-state index is 13.1. The SMILES string of the molecule is CC(c1nccs1)N(C)C(=O)CCC(=O)Nc1ccc(F)c(Cl)c1. The van der Waals surface area contributed by atoms with Gasteiger partial charge in [-0.05, 0) is 25.1 Å². The van der Waals surface area contributed by atoms with E-state index in [-0.39, 0.29) is 35.7 Å². The minimum Gasteiger partial charge on any atom is -0.337 e. The molecule has 0 fully saturated rings. The van der Waals surface area contributed by atoms with Crippen LogP contribution >= 0.6 is 22.9 Å². The van der Waals surface area contributed by atoms with Gasteiger partial charge in [-0.15, -0.1) is 11.3 Å². The first kappa shape index (κ1) is 18.4. The van der Waals surface area contributed by atoms with Gasteiger partial charge in [-0.2, -0.15) is 0 Å². The molecule has 0 aliphatic rings. The first-order valence-corrected chi connectivity index (χ1v) is 8.54. The maximum absolute atomic E-state index is 13.1. The zero-order valence-corrected chi connectivity index (χ0v) is 14.8. The van der Waals surface area contributed by atoms with Crippen molar-refractivity contribution in [2.24, 2.45) is 0 Å². The number of hydrogen-bond donors (Lipinski definition) is 1. The van der Waals surface area contributed by atoms with Crippen LogP contribution in [0.1, 0.15) is 30.8 Å². The number of carbonyl (C=O) groups excluding carboxylic acids is 2. The number of nitrogens with zero attached hydrogens (tertiary/aromatic N) is 2. The summed E-state index contributed by atoms with van der Waals surface area (Å²) in [5.74, 6) is -1.03. The summed E-state index contributed by atoms with van der Waals surface area (Å²) in [5, 5.41) is 5.22. The van der Waals surface area contributed by atoms with Crippen LogP contribution in [0, 0.1) is 5.82 Å². The number of benzene rings is 1. The third kappa shape index (κ3) is 4.75. The van der Waals surface area contributed by atoms with Gasteiger partial charge >= 0.3 is 0 Å². The van der Waals surface area contributed by atoms with Crippen molar-refractivity contribution in [2.75, 3.05) is 12.4 Å². The van der Waals surface area contributed by atoms with Crippen molar-refractivity contribution in [1.82, 2.24) is 9.88 Å². The summed E-state index contributed by atoms with van der Waals surface area (Å²) in [4.78, 5) is 29.9. The van der Waals surface area contributed by atoms with Gasteiger partial charge in [0.1, 0.15) is 10.8 Å². The molecule has 1 heterocycles. The molecule has 8 heteroatoms. The van der Waals surface area contributed by atoms with E-state index in [4.69, 9.17) is 11.6 Å². The van der Waals surface area contributed by atoms with E-state index in [0.29, 0.717) is 5.69 Å². The summed E-state index contributed by atoms with van der Waals surface area (Å²) < 4.78 is 13.1. The van der Waals surface area contributed by atoms with E-state index in [1.54, 1.807) is 18.1 Å². The Morgan fingerprint density at radius 2 is 2.17 bits per heavy atom. The van der Waals surface area contributed by atoms with Crippen LogP contribution in [0.3, 0.4) is 0 Å². The largest absolute Gasteiger partial charge is 0.337 e. The van der Waals surface area contributed by atoms with Gasteiger partial charge in [0, 0.05) is 37.2 Å². The van der Waals surface area contributed by atoms with Crippen LogP contribution in [0.15, 0.2) is 29.8 Å². The summed E-state index contributed by atoms with van der Waals surface area (Å²) in [7, 11) is 1.69. The maximum Gasteiger partial charge on any atom is 0.224 e. The Bertz CT molecular complexity index is 724. The highest BCUT2D eigenvalue weighted by atomic mass is 35.5. The van der Waals surface area contributed by atoms with E-state index in [2.05, 4.69) is 10.3 Å². The number of rotatable bonds is 6. The lowest BCUT2D eigenvalue weighted by Gasteiger charge is -2.23. The van der Waals surface area contributed by atoms with Gasteiger partial charge < -0.3 is 10.2 Å². The number of halogens is 2. The predicted octanol–water partition coefficient (Wildman–Crippen LogP) is 3.87. The molecule has 0 radical (unpaired) electrons. The third-order valence-corrected chi connectivity index (χ3v) is 4.79. The molecule has 1 aromatic carbocycles. The molecule has 1 aromatic heterocycles. The Labute approximate surface area is 148 Å². The molecule has 0 bridgehead atoms. The number of carbonyl (C=O) groups is 2. The van der Waals surface area contributed by atoms with Crippen LogP contribution < -0.4 is 5.32 Å². The number of aromatic nitrogens is 1. The van der Waals surface area contributed by atoms with Crippen LogP contribution in [0.5, 0.6) is 0 Å². The standard InChI is InChI=1S/C16H17ClFN3O2S/c1-10(16-19-7-8-24-16)21(2)15(23)6-5-14(22)20-11-3-4-13(18)12(17)9-11/h3-4,7-10H,5-6H2,1-2H3,(H,20,22). The van der Waals surface area contributed by atoms with Crippen molar-refractivity contribution < 1.29 is 14.0 Å². The number of thiazole rings is 1. The zero-order valence-electron chi connectivity index (χ0n) is 13.3. The quantitative estimate of drug-likeness (QED) is 0.840. The van der Waals surface area contributed by atoms with Crippen molar-refractivity contribution in [3.05, 3.63) is 45.6 Å². The minimum absolute atomic E-state index is 0.0305. The Hall–Kier alpha value is -1.99. The van der Waals surface area contributed by atoms with Crippen LogP contribution in [0.25, 0.3) is 0 Å². The molecule has 0 saturated carbocycles. The Balaban J connectivity index is 1.84. The summed E-state index contributed by atoms with van der Waals surface area (Å²) in [5.41, 5.74) is 0.392. The van der Waals surface area contributed by atoms with Crippen LogP contribution in [0.2, 0.25) is 5.02 Å². The van der Waals surface area contributed by atoms with Crippen molar-refractivity contribution in [1.29, 1.82) is 0 Å². The number of amides is 2. The molecule has 2 amide bonds. The normalized spacial score (nSPS) is 11.8. The topological polar surface area (TPSA) is 62.3 Å². The lowest BCUT2D eigenvalue weighted by molar-refractivity contribution is -0.133. The van der Waals surface area contributed by atoms with Crippen LogP contribution in [0.4, 0.5) is 10.1 Å². The van der Waals surface area contributed by atoms with Crippen molar-refractivity contribution >= 4 is 40.4 Å². The predicted molar refractivity (Wildman–Crippen MR) is 92.6 cm³/mol. The monoisotopic (exact) mass is 369 g/mol. The molecule has 1 N–H and O–H groups in total. The highest BCUT2D eigenvalue weighted by molar-refractivity contribution is 7.09. The highest BCUT2D eigenvalue weighted by Crippen LogP contribution is 2.22. The Morgan fingerprint density at radius 3 is 2.79 bits per heavy atom. The molecule has 1 atom stereocenters. The van der Waals surface area contributed by atoms with E-state index in [1.165, 1.54) is 29.5 Å². The molecule has 0 aliphatic heterocycles. The molecule has 2 aromatic rings. The fourth-order valence-corrected chi connectivity index (χ4v) is 2.94. The van der Waals surface area contributed by atoms with Crippen molar-refractivity contribution in [2.45, 2.75) is 25.8 Å². The molecule has 0 spiro atoms. The molecular formula is C16H17ClFN3O2S. The van der Waals surface area contributed by atoms with Gasteiger partial charge in [0.05, 0.1) is 11.1 Å². The fraction of sp³-hybridized carbons (Fsp3) is 0.312. The van der Waals surface area contributed by atoms with Crippen molar-refractivity contribution in [3.8, 4) is 0 Å². The molecule has 24 heavy (non-hydrogen) atoms. The second-order valence-corrected chi connectivity index (χ2v) is 6.56. The Morgan fingerprint density at radius 1 is 1.42 bits per heavy atom. The Kier molecular flexibility index (Phi) is 6.28. The molecule has 2 rings (SSSR count). The smallest absolute Gasteiger partial charge is 0.224 e.